The third-order valence-electron chi connectivity index (χ3n) is 7.71. The topological polar surface area (TPSA) is 225 Å². The van der Waals surface area contributed by atoms with Gasteiger partial charge in [-0.05, 0) is 28.5 Å². The van der Waals surface area contributed by atoms with Gasteiger partial charge in [0.2, 0.25) is 25.1 Å². The van der Waals surface area contributed by atoms with Gasteiger partial charge in [0, 0.05) is 48.6 Å². The number of nitrogens with two attached hydrogens (primary N) is 1. The van der Waals surface area contributed by atoms with E-state index in [-0.39, 0.29) is 24.8 Å². The number of amides is 4. The number of nitrogens with zero attached hydrogens (tertiary/aromatic N) is 2. The van der Waals surface area contributed by atoms with Crippen LogP contribution in [0.2, 0.25) is 0 Å². The maximum Gasteiger partial charge on any atom is 0.251 e. The Hall–Kier alpha value is -5.59. The predicted molar refractivity (Wildman–Crippen MR) is 178 cm³/mol. The molecule has 15 heteroatoms. The van der Waals surface area contributed by atoms with E-state index in [2.05, 4.69) is 35.9 Å². The number of nitrogens with one attached hydrogen (secondary N) is 5. The first kappa shape index (κ1) is 33.8. The minimum Gasteiger partial charge on any atom is -0.368 e. The zero-order chi connectivity index (χ0) is 34.1. The van der Waals surface area contributed by atoms with Crippen LogP contribution in [-0.2, 0) is 38.2 Å². The first-order valence-electron chi connectivity index (χ1n) is 15.1. The molecular weight excluding hydrogens is 635 g/mol. The Kier molecular flexibility index (Phi) is 10.8. The number of hydrogen-bond donors (Lipinski definition) is 7. The Labute approximate surface area is 275 Å². The summed E-state index contributed by atoms with van der Waals surface area (Å²) < 4.78 is 13.9. The summed E-state index contributed by atoms with van der Waals surface area (Å²) in [6.07, 6.45) is 4.76. The average molecular weight is 671 g/mol. The van der Waals surface area contributed by atoms with Crippen molar-refractivity contribution in [3.05, 3.63) is 120 Å². The van der Waals surface area contributed by atoms with Crippen LogP contribution in [0.5, 0.6) is 0 Å². The summed E-state index contributed by atoms with van der Waals surface area (Å²) in [5.74, 6) is -4.39. The fourth-order valence-corrected chi connectivity index (χ4v) is 6.73. The van der Waals surface area contributed by atoms with Crippen LogP contribution in [-0.4, -0.2) is 72.5 Å². The van der Waals surface area contributed by atoms with Gasteiger partial charge in [0.05, 0.1) is 12.7 Å². The standard InChI is InChI=1S/C33H35N8O6P/c34-31(43)27(14-25-16-35-19-37-25)40-33(45)28(15-26-17-36-20-38-26)39-29(42)18-48(46,47)30(12-21-6-2-1-3-7-21)41-32(44)24-11-10-22-8-4-5-9-23(22)13-24/h1-11,13,16-17,19-20,27-28,30H,12,14-15,18H2,(H2,34,43)(H,35,37)(H,36,38)(H,39,42)(H,40,45)(H,41,44)(H,46,47)/t27-,28-,30?/m0/s1. The number of imidazole rings is 2. The van der Waals surface area contributed by atoms with Crippen molar-refractivity contribution in [2.45, 2.75) is 37.1 Å². The quantitative estimate of drug-likeness (QED) is 0.0811. The van der Waals surface area contributed by atoms with Crippen LogP contribution in [0.3, 0.4) is 0 Å². The molecule has 8 N–H and O–H groups in total. The summed E-state index contributed by atoms with van der Waals surface area (Å²) in [5.41, 5.74) is 7.51. The molecule has 0 aliphatic rings. The zero-order valence-corrected chi connectivity index (χ0v) is 26.6. The molecule has 3 aromatic carbocycles. The predicted octanol–water partition coefficient (Wildman–Crippen LogP) is 1.80. The summed E-state index contributed by atoms with van der Waals surface area (Å²) in [6, 6.07) is 19.0. The highest BCUT2D eigenvalue weighted by Gasteiger charge is 2.36. The lowest BCUT2D eigenvalue weighted by Crippen LogP contribution is -2.54. The second-order valence-electron chi connectivity index (χ2n) is 11.3. The number of carbonyl (C=O) groups is 4. The molecule has 2 heterocycles. The third-order valence-corrected chi connectivity index (χ3v) is 9.73. The minimum absolute atomic E-state index is 0.0235. The van der Waals surface area contributed by atoms with Crippen LogP contribution >= 0.6 is 7.37 Å². The molecule has 4 atom stereocenters. The molecule has 0 saturated heterocycles. The number of aromatic nitrogens is 4. The molecule has 0 bridgehead atoms. The van der Waals surface area contributed by atoms with Gasteiger partial charge in [-0.1, -0.05) is 60.7 Å². The lowest BCUT2D eigenvalue weighted by molar-refractivity contribution is -0.130. The SMILES string of the molecule is NC(=O)[C@H](Cc1cnc[nH]1)NC(=O)[C@H](Cc1cnc[nH]1)NC(=O)CP(=O)(O)C(Cc1ccccc1)NC(=O)c1ccc2ccccc2c1. The van der Waals surface area contributed by atoms with Crippen LogP contribution in [0.15, 0.2) is 97.8 Å². The molecule has 2 unspecified atom stereocenters. The highest BCUT2D eigenvalue weighted by molar-refractivity contribution is 7.59. The van der Waals surface area contributed by atoms with E-state index in [1.165, 1.54) is 25.0 Å². The van der Waals surface area contributed by atoms with Crippen LogP contribution < -0.4 is 21.7 Å². The van der Waals surface area contributed by atoms with Crippen LogP contribution in [0.25, 0.3) is 10.8 Å². The molecule has 4 amide bonds. The van der Waals surface area contributed by atoms with E-state index in [1.54, 1.807) is 48.5 Å². The molecule has 0 fully saturated rings. The number of benzene rings is 3. The van der Waals surface area contributed by atoms with Gasteiger partial charge in [0.1, 0.15) is 24.0 Å². The van der Waals surface area contributed by atoms with Crippen LogP contribution in [0.4, 0.5) is 0 Å². The maximum absolute atomic E-state index is 13.9. The Bertz CT molecular complexity index is 1920. The van der Waals surface area contributed by atoms with E-state index in [1.807, 2.05) is 24.3 Å². The van der Waals surface area contributed by atoms with Gasteiger partial charge in [-0.15, -0.1) is 0 Å². The van der Waals surface area contributed by atoms with Gasteiger partial charge in [-0.3, -0.25) is 23.7 Å². The van der Waals surface area contributed by atoms with E-state index in [9.17, 15) is 28.6 Å². The number of carbonyl (C=O) groups excluding carboxylic acids is 4. The summed E-state index contributed by atoms with van der Waals surface area (Å²) in [6.45, 7) is 0. The number of hydrogen-bond acceptors (Lipinski definition) is 7. The fourth-order valence-electron chi connectivity index (χ4n) is 5.19. The van der Waals surface area contributed by atoms with E-state index >= 15 is 0 Å². The lowest BCUT2D eigenvalue weighted by Gasteiger charge is -2.26. The fraction of sp³-hybridized carbons (Fsp3) is 0.212. The van der Waals surface area contributed by atoms with Crippen molar-refractivity contribution in [1.82, 2.24) is 35.9 Å². The first-order valence-corrected chi connectivity index (χ1v) is 17.0. The Morgan fingerprint density at radius 2 is 1.40 bits per heavy atom. The molecule has 5 rings (SSSR count). The molecule has 0 radical (unpaired) electrons. The molecule has 0 aliphatic carbocycles. The summed E-state index contributed by atoms with van der Waals surface area (Å²) in [4.78, 5) is 77.2. The van der Waals surface area contributed by atoms with Gasteiger partial charge in [0.15, 0.2) is 0 Å². The van der Waals surface area contributed by atoms with Crippen molar-refractivity contribution in [2.75, 3.05) is 6.16 Å². The van der Waals surface area contributed by atoms with Crippen LogP contribution in [0.1, 0.15) is 27.3 Å². The van der Waals surface area contributed by atoms with Gasteiger partial charge in [-0.2, -0.15) is 0 Å². The molecule has 248 valence electrons. The van der Waals surface area contributed by atoms with E-state index in [0.717, 1.165) is 10.8 Å². The largest absolute Gasteiger partial charge is 0.368 e. The molecule has 5 aromatic rings. The summed E-state index contributed by atoms with van der Waals surface area (Å²) >= 11 is 0. The zero-order valence-electron chi connectivity index (χ0n) is 25.7. The molecule has 0 spiro atoms. The molecule has 0 aliphatic heterocycles. The molecule has 2 aromatic heterocycles. The molecule has 0 saturated carbocycles. The van der Waals surface area contributed by atoms with Crippen molar-refractivity contribution in [1.29, 1.82) is 0 Å². The number of H-pyrrole nitrogens is 2. The third kappa shape index (κ3) is 9.02. The highest BCUT2D eigenvalue weighted by atomic mass is 31.2. The van der Waals surface area contributed by atoms with Crippen molar-refractivity contribution < 1.29 is 28.6 Å². The van der Waals surface area contributed by atoms with Gasteiger partial charge in [0.25, 0.3) is 5.91 Å². The Morgan fingerprint density at radius 3 is 2.02 bits per heavy atom. The first-order chi connectivity index (χ1) is 23.1. The van der Waals surface area contributed by atoms with E-state index in [0.29, 0.717) is 17.0 Å². The normalized spacial score (nSPS) is 14.3. The Morgan fingerprint density at radius 1 is 0.771 bits per heavy atom. The van der Waals surface area contributed by atoms with Crippen molar-refractivity contribution in [2.24, 2.45) is 5.73 Å². The smallest absolute Gasteiger partial charge is 0.251 e. The molecule has 14 nitrogen and oxygen atoms in total. The average Bonchev–Trinajstić information content (AvgIpc) is 3.78. The number of primary amides is 1. The van der Waals surface area contributed by atoms with Crippen molar-refractivity contribution in [3.63, 3.8) is 0 Å². The second-order valence-corrected chi connectivity index (χ2v) is 13.8. The summed E-state index contributed by atoms with van der Waals surface area (Å²) in [5, 5.41) is 9.50. The summed E-state index contributed by atoms with van der Waals surface area (Å²) in [7, 11) is -4.47. The number of aromatic amines is 2. The van der Waals surface area contributed by atoms with E-state index < -0.39 is 55.0 Å². The van der Waals surface area contributed by atoms with Crippen LogP contribution in [0, 0.1) is 0 Å². The lowest BCUT2D eigenvalue weighted by atomic mass is 10.1. The van der Waals surface area contributed by atoms with Gasteiger partial charge < -0.3 is 36.5 Å². The van der Waals surface area contributed by atoms with Crippen molar-refractivity contribution >= 4 is 41.8 Å². The van der Waals surface area contributed by atoms with Gasteiger partial charge in [-0.25, -0.2) is 9.97 Å². The number of fused-ring (bicyclic) bond motifs is 1. The monoisotopic (exact) mass is 670 g/mol. The molecule has 48 heavy (non-hydrogen) atoms. The highest BCUT2D eigenvalue weighted by Crippen LogP contribution is 2.46. The Balaban J connectivity index is 1.33. The number of rotatable bonds is 15. The maximum atomic E-state index is 13.9. The second kappa shape index (κ2) is 15.3. The molecular formula is C33H35N8O6P. The van der Waals surface area contributed by atoms with Gasteiger partial charge >= 0.3 is 0 Å². The van der Waals surface area contributed by atoms with Crippen molar-refractivity contribution in [3.8, 4) is 0 Å². The minimum atomic E-state index is -4.47. The van der Waals surface area contributed by atoms with E-state index in [4.69, 9.17) is 5.73 Å².